The van der Waals surface area contributed by atoms with Crippen LogP contribution in [0.5, 0.6) is 5.75 Å². The van der Waals surface area contributed by atoms with Crippen molar-refractivity contribution in [2.75, 3.05) is 24.6 Å². The molecule has 0 aliphatic carbocycles. The predicted octanol–water partition coefficient (Wildman–Crippen LogP) is 2.37. The molecule has 1 atom stereocenters. The van der Waals surface area contributed by atoms with Crippen LogP contribution in [0.15, 0.2) is 48.7 Å². The molecule has 1 unspecified atom stereocenters. The fourth-order valence-corrected chi connectivity index (χ4v) is 2.32. The zero-order valence-corrected chi connectivity index (χ0v) is 10.6. The van der Waals surface area contributed by atoms with E-state index >= 15 is 0 Å². The van der Waals surface area contributed by atoms with Gasteiger partial charge < -0.3 is 14.7 Å². The summed E-state index contributed by atoms with van der Waals surface area (Å²) in [4.78, 5) is 6.58. The van der Waals surface area contributed by atoms with E-state index in [2.05, 4.69) is 9.88 Å². The Morgan fingerprint density at radius 1 is 1.21 bits per heavy atom. The van der Waals surface area contributed by atoms with Gasteiger partial charge in [0, 0.05) is 19.3 Å². The van der Waals surface area contributed by atoms with Gasteiger partial charge in [-0.25, -0.2) is 4.98 Å². The lowest BCUT2D eigenvalue weighted by Crippen LogP contribution is -2.38. The minimum absolute atomic E-state index is 0.0251. The SMILES string of the molecule is Oc1cccc(C2CN(c3ccccn3)CCO2)c1. The standard InChI is InChI=1S/C15H16N2O2/c18-13-5-3-4-12(10-13)14-11-17(8-9-19-14)15-6-1-2-7-16-15/h1-7,10,14,18H,8-9,11H2. The predicted molar refractivity (Wildman–Crippen MR) is 73.2 cm³/mol. The number of hydrogen-bond donors (Lipinski definition) is 1. The maximum absolute atomic E-state index is 9.55. The first-order valence-corrected chi connectivity index (χ1v) is 6.39. The number of phenols is 1. The second-order valence-electron chi connectivity index (χ2n) is 4.59. The van der Waals surface area contributed by atoms with E-state index in [1.54, 1.807) is 18.3 Å². The number of ether oxygens (including phenoxy) is 1. The molecule has 1 N–H and O–H groups in total. The molecule has 0 amide bonds. The monoisotopic (exact) mass is 256 g/mol. The molecule has 4 heteroatoms. The highest BCUT2D eigenvalue weighted by atomic mass is 16.5. The Labute approximate surface area is 112 Å². The summed E-state index contributed by atoms with van der Waals surface area (Å²) in [7, 11) is 0. The Hall–Kier alpha value is -2.07. The number of aromatic hydroxyl groups is 1. The number of rotatable bonds is 2. The minimum Gasteiger partial charge on any atom is -0.508 e. The van der Waals surface area contributed by atoms with Crippen LogP contribution in [0.4, 0.5) is 5.82 Å². The van der Waals surface area contributed by atoms with Gasteiger partial charge in [0.2, 0.25) is 0 Å². The third kappa shape index (κ3) is 2.69. The normalized spacial score (nSPS) is 19.4. The molecule has 4 nitrogen and oxygen atoms in total. The van der Waals surface area contributed by atoms with Crippen LogP contribution in [-0.2, 0) is 4.74 Å². The number of pyridine rings is 1. The highest BCUT2D eigenvalue weighted by molar-refractivity contribution is 5.39. The first-order valence-electron chi connectivity index (χ1n) is 6.39. The minimum atomic E-state index is -0.0251. The van der Waals surface area contributed by atoms with Gasteiger partial charge in [-0.3, -0.25) is 0 Å². The van der Waals surface area contributed by atoms with E-state index in [1.165, 1.54) is 0 Å². The Morgan fingerprint density at radius 3 is 2.95 bits per heavy atom. The van der Waals surface area contributed by atoms with Gasteiger partial charge in [0.25, 0.3) is 0 Å². The first kappa shape index (κ1) is 12.0. The van der Waals surface area contributed by atoms with Crippen LogP contribution in [-0.4, -0.2) is 29.8 Å². The maximum atomic E-state index is 9.55. The number of hydrogen-bond acceptors (Lipinski definition) is 4. The molecular weight excluding hydrogens is 240 g/mol. The summed E-state index contributed by atoms with van der Waals surface area (Å²) in [5, 5.41) is 9.55. The summed E-state index contributed by atoms with van der Waals surface area (Å²) in [6, 6.07) is 13.2. The third-order valence-corrected chi connectivity index (χ3v) is 3.28. The van der Waals surface area contributed by atoms with Crippen LogP contribution in [0, 0.1) is 0 Å². The molecule has 0 radical (unpaired) electrons. The van der Waals surface area contributed by atoms with Crippen molar-refractivity contribution >= 4 is 5.82 Å². The third-order valence-electron chi connectivity index (χ3n) is 3.28. The van der Waals surface area contributed by atoms with E-state index in [1.807, 2.05) is 30.3 Å². The molecule has 0 saturated carbocycles. The first-order chi connectivity index (χ1) is 9.33. The Balaban J connectivity index is 1.78. The van der Waals surface area contributed by atoms with Crippen molar-refractivity contribution in [2.45, 2.75) is 6.10 Å². The lowest BCUT2D eigenvalue weighted by Gasteiger charge is -2.34. The summed E-state index contributed by atoms with van der Waals surface area (Å²) in [5.74, 6) is 1.24. The Bertz CT molecular complexity index is 545. The number of phenolic OH excluding ortho intramolecular Hbond substituents is 1. The molecule has 19 heavy (non-hydrogen) atoms. The van der Waals surface area contributed by atoms with E-state index < -0.39 is 0 Å². The van der Waals surface area contributed by atoms with Crippen molar-refractivity contribution in [3.05, 3.63) is 54.2 Å². The lowest BCUT2D eigenvalue weighted by atomic mass is 10.1. The fraction of sp³-hybridized carbons (Fsp3) is 0.267. The number of morpholine rings is 1. The number of benzene rings is 1. The summed E-state index contributed by atoms with van der Waals surface area (Å²) < 4.78 is 5.79. The van der Waals surface area contributed by atoms with Crippen molar-refractivity contribution < 1.29 is 9.84 Å². The highest BCUT2D eigenvalue weighted by Crippen LogP contribution is 2.26. The highest BCUT2D eigenvalue weighted by Gasteiger charge is 2.22. The van der Waals surface area contributed by atoms with Gasteiger partial charge in [-0.1, -0.05) is 18.2 Å². The second kappa shape index (κ2) is 5.28. The van der Waals surface area contributed by atoms with E-state index in [9.17, 15) is 5.11 Å². The van der Waals surface area contributed by atoms with Crippen molar-refractivity contribution in [1.82, 2.24) is 4.98 Å². The summed E-state index contributed by atoms with van der Waals surface area (Å²) >= 11 is 0. The summed E-state index contributed by atoms with van der Waals surface area (Å²) in [6.45, 7) is 2.25. The molecule has 1 saturated heterocycles. The largest absolute Gasteiger partial charge is 0.508 e. The molecule has 1 aromatic heterocycles. The van der Waals surface area contributed by atoms with Gasteiger partial charge in [-0.15, -0.1) is 0 Å². The van der Waals surface area contributed by atoms with E-state index in [-0.39, 0.29) is 11.9 Å². The Morgan fingerprint density at radius 2 is 2.16 bits per heavy atom. The smallest absolute Gasteiger partial charge is 0.128 e. The van der Waals surface area contributed by atoms with Gasteiger partial charge in [-0.2, -0.15) is 0 Å². The van der Waals surface area contributed by atoms with Crippen LogP contribution in [0.1, 0.15) is 11.7 Å². The molecule has 2 heterocycles. The van der Waals surface area contributed by atoms with Gasteiger partial charge in [0.1, 0.15) is 17.7 Å². The zero-order valence-electron chi connectivity index (χ0n) is 10.6. The van der Waals surface area contributed by atoms with E-state index in [0.29, 0.717) is 6.61 Å². The van der Waals surface area contributed by atoms with Crippen molar-refractivity contribution in [3.63, 3.8) is 0 Å². The quantitative estimate of drug-likeness (QED) is 0.896. The number of aromatic nitrogens is 1. The molecule has 3 rings (SSSR count). The average molecular weight is 256 g/mol. The lowest BCUT2D eigenvalue weighted by molar-refractivity contribution is 0.0394. The van der Waals surface area contributed by atoms with Gasteiger partial charge >= 0.3 is 0 Å². The van der Waals surface area contributed by atoms with Crippen molar-refractivity contribution in [2.24, 2.45) is 0 Å². The molecular formula is C15H16N2O2. The zero-order chi connectivity index (χ0) is 13.1. The van der Waals surface area contributed by atoms with Crippen LogP contribution in [0.3, 0.4) is 0 Å². The Kier molecular flexibility index (Phi) is 3.33. The van der Waals surface area contributed by atoms with Gasteiger partial charge in [0.15, 0.2) is 0 Å². The molecule has 2 aromatic rings. The van der Waals surface area contributed by atoms with Crippen LogP contribution >= 0.6 is 0 Å². The summed E-state index contributed by atoms with van der Waals surface area (Å²) in [5.41, 5.74) is 1.00. The van der Waals surface area contributed by atoms with Crippen LogP contribution in [0.25, 0.3) is 0 Å². The number of nitrogens with zero attached hydrogens (tertiary/aromatic N) is 2. The molecule has 98 valence electrons. The van der Waals surface area contributed by atoms with Crippen molar-refractivity contribution in [3.8, 4) is 5.75 Å². The van der Waals surface area contributed by atoms with Crippen LogP contribution in [0.2, 0.25) is 0 Å². The van der Waals surface area contributed by atoms with E-state index in [0.717, 1.165) is 24.5 Å². The van der Waals surface area contributed by atoms with Gasteiger partial charge in [0.05, 0.1) is 6.61 Å². The van der Waals surface area contributed by atoms with Crippen LogP contribution < -0.4 is 4.90 Å². The van der Waals surface area contributed by atoms with Crippen molar-refractivity contribution in [1.29, 1.82) is 0 Å². The molecule has 1 fully saturated rings. The van der Waals surface area contributed by atoms with E-state index in [4.69, 9.17) is 4.74 Å². The average Bonchev–Trinajstić information content (AvgIpc) is 2.48. The molecule has 0 spiro atoms. The topological polar surface area (TPSA) is 45.6 Å². The van der Waals surface area contributed by atoms with Gasteiger partial charge in [-0.05, 0) is 29.8 Å². The second-order valence-corrected chi connectivity index (χ2v) is 4.59. The number of anilines is 1. The summed E-state index contributed by atoms with van der Waals surface area (Å²) in [6.07, 6.45) is 1.77. The molecule has 1 aliphatic rings. The molecule has 1 aromatic carbocycles. The fourth-order valence-electron chi connectivity index (χ4n) is 2.32. The molecule has 0 bridgehead atoms. The maximum Gasteiger partial charge on any atom is 0.128 e. The molecule has 1 aliphatic heterocycles.